The van der Waals surface area contributed by atoms with E-state index in [1.165, 1.54) is 0 Å². The zero-order valence-corrected chi connectivity index (χ0v) is 7.81. The molecule has 0 amide bonds. The van der Waals surface area contributed by atoms with Gasteiger partial charge in [-0.05, 0) is 0 Å². The summed E-state index contributed by atoms with van der Waals surface area (Å²) in [5.41, 5.74) is -1.11. The lowest BCUT2D eigenvalue weighted by molar-refractivity contribution is -0.0328. The van der Waals surface area contributed by atoms with Crippen molar-refractivity contribution in [2.75, 3.05) is 26.4 Å². The van der Waals surface area contributed by atoms with Gasteiger partial charge in [0.1, 0.15) is 0 Å². The van der Waals surface area contributed by atoms with Crippen LogP contribution in [0, 0.1) is 5.41 Å². The van der Waals surface area contributed by atoms with Gasteiger partial charge in [0.15, 0.2) is 0 Å². The van der Waals surface area contributed by atoms with Crippen molar-refractivity contribution in [3.8, 4) is 0 Å². The first kappa shape index (κ1) is 15.1. The quantitative estimate of drug-likeness (QED) is 0.318. The maximum atomic E-state index is 8.86. The van der Waals surface area contributed by atoms with Crippen LogP contribution in [0.1, 0.15) is 0 Å². The van der Waals surface area contributed by atoms with E-state index in [9.17, 15) is 0 Å². The Bertz CT molecular complexity index is 114. The maximum absolute atomic E-state index is 8.86. The van der Waals surface area contributed by atoms with Gasteiger partial charge in [-0.3, -0.25) is 0 Å². The molecule has 0 atom stereocenters. The summed E-state index contributed by atoms with van der Waals surface area (Å²) < 4.78 is 0. The van der Waals surface area contributed by atoms with Crippen LogP contribution in [0.4, 0.5) is 4.79 Å². The SMILES string of the molecule is O=C(O)S.OCC(CO)(CO)CO. The van der Waals surface area contributed by atoms with E-state index < -0.39 is 37.1 Å². The Morgan fingerprint density at radius 2 is 1.15 bits per heavy atom. The summed E-state index contributed by atoms with van der Waals surface area (Å²) in [7, 11) is 0. The third-order valence-corrected chi connectivity index (χ3v) is 1.34. The van der Waals surface area contributed by atoms with Gasteiger partial charge in [0.25, 0.3) is 0 Å². The van der Waals surface area contributed by atoms with Crippen molar-refractivity contribution < 1.29 is 30.3 Å². The summed E-state index contributed by atoms with van der Waals surface area (Å²) in [6.45, 7) is -1.62. The molecule has 0 spiro atoms. The van der Waals surface area contributed by atoms with Crippen molar-refractivity contribution in [2.24, 2.45) is 5.41 Å². The van der Waals surface area contributed by atoms with Gasteiger partial charge < -0.3 is 25.5 Å². The summed E-state index contributed by atoms with van der Waals surface area (Å²) in [4.78, 5) is 8.86. The fourth-order valence-corrected chi connectivity index (χ4v) is 0.300. The zero-order valence-electron chi connectivity index (χ0n) is 6.92. The number of aliphatic hydroxyl groups excluding tert-OH is 4. The summed E-state index contributed by atoms with van der Waals surface area (Å²) in [5.74, 6) is 0. The Morgan fingerprint density at radius 1 is 1.00 bits per heavy atom. The molecular weight excluding hydrogens is 200 g/mol. The Morgan fingerprint density at radius 3 is 1.15 bits per heavy atom. The normalized spacial score (nSPS) is 10.2. The fraction of sp³-hybridized carbons (Fsp3) is 0.833. The van der Waals surface area contributed by atoms with E-state index >= 15 is 0 Å². The lowest BCUT2D eigenvalue weighted by Gasteiger charge is -2.23. The Kier molecular flexibility index (Phi) is 9.63. The van der Waals surface area contributed by atoms with E-state index in [1.807, 2.05) is 0 Å². The van der Waals surface area contributed by atoms with Gasteiger partial charge in [-0.15, -0.1) is 0 Å². The average Bonchev–Trinajstić information content (AvgIpc) is 2.09. The molecule has 6 nitrogen and oxygen atoms in total. The number of aliphatic hydroxyl groups is 4. The molecule has 7 heteroatoms. The molecule has 0 fully saturated rings. The van der Waals surface area contributed by atoms with Crippen molar-refractivity contribution in [2.45, 2.75) is 0 Å². The number of carbonyl (C=O) groups is 1. The lowest BCUT2D eigenvalue weighted by atomic mass is 9.93. The third kappa shape index (κ3) is 8.00. The molecular formula is C6H14O6S. The van der Waals surface area contributed by atoms with Crippen LogP contribution in [0.15, 0.2) is 0 Å². The van der Waals surface area contributed by atoms with Gasteiger partial charge in [0, 0.05) is 0 Å². The number of hydrogen-bond donors (Lipinski definition) is 6. The van der Waals surface area contributed by atoms with Crippen molar-refractivity contribution in [1.82, 2.24) is 0 Å². The molecule has 0 saturated heterocycles. The molecule has 0 aliphatic rings. The summed E-state index contributed by atoms with van der Waals surface area (Å²) in [5, 5.41) is 40.1. The summed E-state index contributed by atoms with van der Waals surface area (Å²) in [6.07, 6.45) is 0. The molecule has 80 valence electrons. The van der Waals surface area contributed by atoms with Crippen LogP contribution < -0.4 is 0 Å². The first-order valence-electron chi connectivity index (χ1n) is 3.33. The van der Waals surface area contributed by atoms with Crippen molar-refractivity contribution in [1.29, 1.82) is 0 Å². The van der Waals surface area contributed by atoms with E-state index in [1.54, 1.807) is 0 Å². The first-order chi connectivity index (χ1) is 5.97. The predicted molar refractivity (Wildman–Crippen MR) is 47.8 cm³/mol. The summed E-state index contributed by atoms with van der Waals surface area (Å²) in [6, 6.07) is 0. The number of hydrogen-bond acceptors (Lipinski definition) is 5. The summed E-state index contributed by atoms with van der Waals surface area (Å²) >= 11 is 2.88. The molecule has 0 aliphatic heterocycles. The minimum Gasteiger partial charge on any atom is -0.473 e. The van der Waals surface area contributed by atoms with E-state index in [0.717, 1.165) is 0 Å². The van der Waals surface area contributed by atoms with Crippen molar-refractivity contribution in [3.63, 3.8) is 0 Å². The van der Waals surface area contributed by atoms with E-state index in [-0.39, 0.29) is 0 Å². The molecule has 0 aromatic carbocycles. The molecule has 0 aromatic rings. The topological polar surface area (TPSA) is 118 Å². The highest BCUT2D eigenvalue weighted by atomic mass is 32.1. The van der Waals surface area contributed by atoms with Gasteiger partial charge in [0.05, 0.1) is 31.8 Å². The third-order valence-electron chi connectivity index (χ3n) is 1.34. The van der Waals surface area contributed by atoms with Crippen molar-refractivity contribution in [3.05, 3.63) is 0 Å². The van der Waals surface area contributed by atoms with Crippen LogP contribution in [0.5, 0.6) is 0 Å². The van der Waals surface area contributed by atoms with Crippen molar-refractivity contribution >= 4 is 17.9 Å². The maximum Gasteiger partial charge on any atom is 0.361 e. The Balaban J connectivity index is 0. The molecule has 0 heterocycles. The smallest absolute Gasteiger partial charge is 0.361 e. The monoisotopic (exact) mass is 214 g/mol. The van der Waals surface area contributed by atoms with Crippen LogP contribution >= 0.6 is 12.6 Å². The predicted octanol–water partition coefficient (Wildman–Crippen LogP) is -1.46. The average molecular weight is 214 g/mol. The van der Waals surface area contributed by atoms with Crippen LogP contribution in [-0.2, 0) is 0 Å². The highest BCUT2D eigenvalue weighted by Crippen LogP contribution is 2.11. The molecule has 13 heavy (non-hydrogen) atoms. The van der Waals surface area contributed by atoms with Gasteiger partial charge in [0.2, 0.25) is 0 Å². The van der Waals surface area contributed by atoms with Gasteiger partial charge in [-0.2, -0.15) is 0 Å². The van der Waals surface area contributed by atoms with E-state index in [2.05, 4.69) is 12.6 Å². The lowest BCUT2D eigenvalue weighted by Crippen LogP contribution is -2.37. The van der Waals surface area contributed by atoms with Crippen LogP contribution in [0.3, 0.4) is 0 Å². The minimum atomic E-state index is -1.14. The van der Waals surface area contributed by atoms with Crippen LogP contribution in [-0.4, -0.2) is 57.3 Å². The molecule has 0 bridgehead atoms. The first-order valence-corrected chi connectivity index (χ1v) is 3.78. The Labute approximate surface area is 80.9 Å². The van der Waals surface area contributed by atoms with Gasteiger partial charge in [-0.1, -0.05) is 12.6 Å². The number of thiol groups is 1. The second kappa shape index (κ2) is 8.27. The number of rotatable bonds is 4. The molecule has 0 aliphatic carbocycles. The Hall–Kier alpha value is -0.340. The molecule has 0 radical (unpaired) electrons. The van der Waals surface area contributed by atoms with Gasteiger partial charge in [-0.25, -0.2) is 4.79 Å². The molecule has 0 rings (SSSR count). The number of carboxylic acid groups (broad SMARTS) is 1. The molecule has 0 aromatic heterocycles. The van der Waals surface area contributed by atoms with E-state index in [4.69, 9.17) is 30.3 Å². The molecule has 5 N–H and O–H groups in total. The highest BCUT2D eigenvalue weighted by molar-refractivity contribution is 7.96. The minimum absolute atomic E-state index is 0.406. The van der Waals surface area contributed by atoms with Gasteiger partial charge >= 0.3 is 5.30 Å². The standard InChI is InChI=1S/C5H12O4.CH2O2S/c6-1-5(2-7,3-8)4-9;2-1(3)4/h6-9H,1-4H2;4H,(H,2,3). The zero-order chi connectivity index (χ0) is 10.9. The van der Waals surface area contributed by atoms with Crippen LogP contribution in [0.25, 0.3) is 0 Å². The van der Waals surface area contributed by atoms with E-state index in [0.29, 0.717) is 0 Å². The van der Waals surface area contributed by atoms with Crippen LogP contribution in [0.2, 0.25) is 0 Å². The molecule has 0 unspecified atom stereocenters. The molecule has 0 saturated carbocycles. The fourth-order valence-electron chi connectivity index (χ4n) is 0.300. The second-order valence-corrected chi connectivity index (χ2v) is 2.80. The highest BCUT2D eigenvalue weighted by Gasteiger charge is 2.26. The second-order valence-electron chi connectivity index (χ2n) is 2.42. The largest absolute Gasteiger partial charge is 0.473 e.